The van der Waals surface area contributed by atoms with E-state index in [1.165, 1.54) is 17.0 Å². The van der Waals surface area contributed by atoms with Crippen LogP contribution in [0.2, 0.25) is 5.02 Å². The Morgan fingerprint density at radius 2 is 1.66 bits per heavy atom. The van der Waals surface area contributed by atoms with Crippen LogP contribution in [0, 0.1) is 6.92 Å². The van der Waals surface area contributed by atoms with E-state index in [4.69, 9.17) is 11.6 Å². The highest BCUT2D eigenvalue weighted by atomic mass is 35.5. The summed E-state index contributed by atoms with van der Waals surface area (Å²) < 4.78 is 27.8. The van der Waals surface area contributed by atoms with E-state index >= 15 is 0 Å². The highest BCUT2D eigenvalue weighted by molar-refractivity contribution is 7.99. The first-order valence-corrected chi connectivity index (χ1v) is 13.0. The lowest BCUT2D eigenvalue weighted by atomic mass is 10.2. The molecule has 3 aromatic carbocycles. The Morgan fingerprint density at radius 3 is 2.31 bits per heavy atom. The smallest absolute Gasteiger partial charge is 0.264 e. The average molecular weight is 489 g/mol. The number of sulfonamides is 1. The number of nitrogens with one attached hydrogen (secondary N) is 1. The second kappa shape index (κ2) is 11.4. The van der Waals surface area contributed by atoms with Crippen LogP contribution in [0.5, 0.6) is 0 Å². The number of carbonyl (C=O) groups excluding carboxylic acids is 1. The summed E-state index contributed by atoms with van der Waals surface area (Å²) >= 11 is 7.77. The van der Waals surface area contributed by atoms with E-state index in [0.717, 1.165) is 16.5 Å². The van der Waals surface area contributed by atoms with Crippen molar-refractivity contribution in [3.05, 3.63) is 89.4 Å². The Hall–Kier alpha value is -2.48. The molecule has 0 unspecified atom stereocenters. The van der Waals surface area contributed by atoms with Gasteiger partial charge in [0.1, 0.15) is 6.54 Å². The van der Waals surface area contributed by atoms with Crippen molar-refractivity contribution in [2.24, 2.45) is 0 Å². The molecule has 0 fully saturated rings. The molecule has 1 N–H and O–H groups in total. The van der Waals surface area contributed by atoms with Gasteiger partial charge < -0.3 is 5.32 Å². The van der Waals surface area contributed by atoms with Crippen LogP contribution in [0.1, 0.15) is 12.0 Å². The number of thioether (sulfide) groups is 1. The van der Waals surface area contributed by atoms with E-state index < -0.39 is 10.0 Å². The van der Waals surface area contributed by atoms with Crippen LogP contribution >= 0.6 is 23.4 Å². The van der Waals surface area contributed by atoms with Gasteiger partial charge in [0.25, 0.3) is 10.0 Å². The summed E-state index contributed by atoms with van der Waals surface area (Å²) in [4.78, 5) is 14.0. The standard InChI is InChI=1S/C24H25ClN2O3S2/c1-19-17-20(25)13-14-23(19)27(32(29,30)22-11-6-3-7-12-22)18-24(28)26-15-8-16-31-21-9-4-2-5-10-21/h2-7,9-14,17H,8,15-16,18H2,1H3,(H,26,28). The molecule has 0 saturated heterocycles. The first-order valence-electron chi connectivity index (χ1n) is 10.2. The lowest BCUT2D eigenvalue weighted by molar-refractivity contribution is -0.119. The van der Waals surface area contributed by atoms with Crippen LogP contribution in [0.15, 0.2) is 88.7 Å². The molecular weight excluding hydrogens is 464 g/mol. The van der Waals surface area contributed by atoms with Gasteiger partial charge in [0, 0.05) is 16.5 Å². The molecule has 0 aliphatic heterocycles. The normalized spacial score (nSPS) is 11.2. The van der Waals surface area contributed by atoms with Gasteiger partial charge in [-0.2, -0.15) is 0 Å². The Morgan fingerprint density at radius 1 is 1.00 bits per heavy atom. The minimum absolute atomic E-state index is 0.126. The third kappa shape index (κ3) is 6.51. The molecule has 0 spiro atoms. The molecule has 0 aliphatic rings. The van der Waals surface area contributed by atoms with E-state index in [1.54, 1.807) is 55.1 Å². The molecule has 0 atom stereocenters. The topological polar surface area (TPSA) is 66.5 Å². The molecule has 5 nitrogen and oxygen atoms in total. The highest BCUT2D eigenvalue weighted by Crippen LogP contribution is 2.28. The summed E-state index contributed by atoms with van der Waals surface area (Å²) in [5.74, 6) is 0.496. The van der Waals surface area contributed by atoms with Gasteiger partial charge in [-0.1, -0.05) is 48.0 Å². The number of benzene rings is 3. The van der Waals surface area contributed by atoms with Crippen LogP contribution in [0.25, 0.3) is 0 Å². The first-order chi connectivity index (χ1) is 15.4. The fourth-order valence-electron chi connectivity index (χ4n) is 3.11. The fraction of sp³-hybridized carbons (Fsp3) is 0.208. The van der Waals surface area contributed by atoms with Crippen molar-refractivity contribution in [2.45, 2.75) is 23.1 Å². The molecule has 3 rings (SSSR count). The number of hydrogen-bond donors (Lipinski definition) is 1. The van der Waals surface area contributed by atoms with Gasteiger partial charge in [-0.3, -0.25) is 9.10 Å². The lowest BCUT2D eigenvalue weighted by Crippen LogP contribution is -2.41. The van der Waals surface area contributed by atoms with Gasteiger partial charge in [-0.05, 0) is 67.1 Å². The van der Waals surface area contributed by atoms with Gasteiger partial charge in [0.05, 0.1) is 10.6 Å². The van der Waals surface area contributed by atoms with E-state index in [0.29, 0.717) is 22.8 Å². The van der Waals surface area contributed by atoms with E-state index in [-0.39, 0.29) is 17.3 Å². The molecule has 1 amide bonds. The third-order valence-electron chi connectivity index (χ3n) is 4.70. The van der Waals surface area contributed by atoms with Crippen molar-refractivity contribution in [3.63, 3.8) is 0 Å². The van der Waals surface area contributed by atoms with Crippen LogP contribution in [-0.2, 0) is 14.8 Å². The number of rotatable bonds is 10. The van der Waals surface area contributed by atoms with Crippen molar-refractivity contribution < 1.29 is 13.2 Å². The summed E-state index contributed by atoms with van der Waals surface area (Å²) in [6.45, 7) is 1.93. The van der Waals surface area contributed by atoms with Gasteiger partial charge in [0.2, 0.25) is 5.91 Å². The molecule has 168 valence electrons. The van der Waals surface area contributed by atoms with Crippen LogP contribution in [0.3, 0.4) is 0 Å². The lowest BCUT2D eigenvalue weighted by Gasteiger charge is -2.25. The number of halogens is 1. The zero-order chi connectivity index (χ0) is 23.0. The SMILES string of the molecule is Cc1cc(Cl)ccc1N(CC(=O)NCCCSc1ccccc1)S(=O)(=O)c1ccccc1. The molecule has 3 aromatic rings. The van der Waals surface area contributed by atoms with Gasteiger partial charge in [-0.25, -0.2) is 8.42 Å². The van der Waals surface area contributed by atoms with Crippen LogP contribution in [-0.4, -0.2) is 33.2 Å². The van der Waals surface area contributed by atoms with Gasteiger partial charge >= 0.3 is 0 Å². The maximum absolute atomic E-state index is 13.3. The number of carbonyl (C=O) groups is 1. The summed E-state index contributed by atoms with van der Waals surface area (Å²) in [6, 6.07) is 23.1. The van der Waals surface area contributed by atoms with E-state index in [9.17, 15) is 13.2 Å². The number of amides is 1. The van der Waals surface area contributed by atoms with Gasteiger partial charge in [-0.15, -0.1) is 11.8 Å². The maximum Gasteiger partial charge on any atom is 0.264 e. The molecule has 8 heteroatoms. The Balaban J connectivity index is 1.68. The van der Waals surface area contributed by atoms with Crippen molar-refractivity contribution in [1.82, 2.24) is 5.32 Å². The van der Waals surface area contributed by atoms with Crippen LogP contribution in [0.4, 0.5) is 5.69 Å². The van der Waals surface area contributed by atoms with Crippen molar-refractivity contribution in [1.29, 1.82) is 0 Å². The van der Waals surface area contributed by atoms with Crippen molar-refractivity contribution >= 4 is 45.0 Å². The number of hydrogen-bond acceptors (Lipinski definition) is 4. The second-order valence-electron chi connectivity index (χ2n) is 7.12. The summed E-state index contributed by atoms with van der Waals surface area (Å²) in [7, 11) is -3.93. The zero-order valence-electron chi connectivity index (χ0n) is 17.7. The first kappa shape index (κ1) is 24.2. The molecule has 0 radical (unpaired) electrons. The third-order valence-corrected chi connectivity index (χ3v) is 7.81. The van der Waals surface area contributed by atoms with E-state index in [2.05, 4.69) is 5.32 Å². The molecular formula is C24H25ClN2O3S2. The largest absolute Gasteiger partial charge is 0.354 e. The predicted octanol–water partition coefficient (Wildman–Crippen LogP) is 5.14. The van der Waals surface area contributed by atoms with Gasteiger partial charge in [0.15, 0.2) is 0 Å². The molecule has 0 saturated carbocycles. The van der Waals surface area contributed by atoms with Crippen molar-refractivity contribution in [3.8, 4) is 0 Å². The molecule has 32 heavy (non-hydrogen) atoms. The molecule has 0 aliphatic carbocycles. The van der Waals surface area contributed by atoms with Crippen LogP contribution < -0.4 is 9.62 Å². The maximum atomic E-state index is 13.3. The number of aryl methyl sites for hydroxylation is 1. The summed E-state index contributed by atoms with van der Waals surface area (Å²) in [6.07, 6.45) is 0.775. The minimum atomic E-state index is -3.93. The van der Waals surface area contributed by atoms with Crippen molar-refractivity contribution in [2.75, 3.05) is 23.1 Å². The quantitative estimate of drug-likeness (QED) is 0.317. The summed E-state index contributed by atoms with van der Waals surface area (Å²) in [5.41, 5.74) is 1.09. The Labute approximate surface area is 198 Å². The molecule has 0 aromatic heterocycles. The monoisotopic (exact) mass is 488 g/mol. The average Bonchev–Trinajstić information content (AvgIpc) is 2.79. The highest BCUT2D eigenvalue weighted by Gasteiger charge is 2.28. The number of anilines is 1. The second-order valence-corrected chi connectivity index (χ2v) is 10.6. The van der Waals surface area contributed by atoms with E-state index in [1.807, 2.05) is 30.3 Å². The number of nitrogens with zero attached hydrogens (tertiary/aromatic N) is 1. The zero-order valence-corrected chi connectivity index (χ0v) is 20.1. The minimum Gasteiger partial charge on any atom is -0.354 e. The molecule has 0 heterocycles. The summed E-state index contributed by atoms with van der Waals surface area (Å²) in [5, 5.41) is 3.34. The Kier molecular flexibility index (Phi) is 8.61. The Bertz CT molecular complexity index is 1140. The fourth-order valence-corrected chi connectivity index (χ4v) is 5.72. The molecule has 0 bridgehead atoms. The predicted molar refractivity (Wildman–Crippen MR) is 132 cm³/mol.